The van der Waals surface area contributed by atoms with Gasteiger partial charge in [-0.05, 0) is 25.2 Å². The zero-order chi connectivity index (χ0) is 14.4. The van der Waals surface area contributed by atoms with Crippen molar-refractivity contribution in [3.63, 3.8) is 0 Å². The Kier molecular flexibility index (Phi) is 4.80. The number of rotatable bonds is 4. The molecule has 1 aromatic rings. The Labute approximate surface area is 116 Å². The smallest absolute Gasteiger partial charge is 0.324 e. The fourth-order valence-electron chi connectivity index (χ4n) is 2.23. The Morgan fingerprint density at radius 1 is 1.35 bits per heavy atom. The van der Waals surface area contributed by atoms with Crippen LogP contribution in [0.25, 0.3) is 0 Å². The largest absolute Gasteiger partial charge is 0.481 e. The minimum Gasteiger partial charge on any atom is -0.481 e. The van der Waals surface area contributed by atoms with Gasteiger partial charge in [-0.2, -0.15) is 5.10 Å². The zero-order valence-corrected chi connectivity index (χ0v) is 11.0. The molecule has 0 aliphatic carbocycles. The maximum Gasteiger partial charge on any atom is 0.324 e. The van der Waals surface area contributed by atoms with Gasteiger partial charge in [0.15, 0.2) is 0 Å². The number of aliphatic carboxylic acids is 1. The number of nitrogens with zero attached hydrogens (tertiary/aromatic N) is 4. The summed E-state index contributed by atoms with van der Waals surface area (Å²) in [4.78, 5) is 28.0. The number of carbonyl (C=O) groups excluding carboxylic acids is 1. The van der Waals surface area contributed by atoms with Crippen molar-refractivity contribution in [3.05, 3.63) is 12.4 Å². The summed E-state index contributed by atoms with van der Waals surface area (Å²) >= 11 is 0. The molecule has 2 heterocycles. The lowest BCUT2D eigenvalue weighted by Gasteiger charge is -2.31. The third-order valence-electron chi connectivity index (χ3n) is 3.37. The number of aromatic nitrogens is 3. The van der Waals surface area contributed by atoms with Gasteiger partial charge in [0, 0.05) is 19.5 Å². The molecule has 1 aliphatic heterocycles. The van der Waals surface area contributed by atoms with Gasteiger partial charge in [0.05, 0.1) is 12.4 Å². The number of urea groups is 1. The molecule has 1 aliphatic rings. The van der Waals surface area contributed by atoms with Gasteiger partial charge in [-0.25, -0.2) is 9.78 Å². The molecule has 20 heavy (non-hydrogen) atoms. The topological polar surface area (TPSA) is 108 Å². The number of carboxylic acids is 1. The van der Waals surface area contributed by atoms with Gasteiger partial charge in [0.1, 0.15) is 0 Å². The molecule has 2 amide bonds. The lowest BCUT2D eigenvalue weighted by molar-refractivity contribution is -0.137. The standard InChI is InChI=1S/C12H17N5O3/c18-10(19)2-1-9-3-7-17(8-4-9)12(20)15-11-13-5-6-14-16-11/h5-6,9H,1-4,7-8H2,(H,18,19)(H,13,15,16,20). The predicted molar refractivity (Wildman–Crippen MR) is 70.0 cm³/mol. The number of hydrogen-bond acceptors (Lipinski definition) is 5. The third-order valence-corrected chi connectivity index (χ3v) is 3.37. The lowest BCUT2D eigenvalue weighted by atomic mass is 9.92. The number of likely N-dealkylation sites (tertiary alicyclic amines) is 1. The van der Waals surface area contributed by atoms with Crippen molar-refractivity contribution >= 4 is 17.9 Å². The highest BCUT2D eigenvalue weighted by molar-refractivity contribution is 5.87. The molecule has 8 heteroatoms. The summed E-state index contributed by atoms with van der Waals surface area (Å²) in [5, 5.41) is 18.6. The molecule has 0 aromatic carbocycles. The van der Waals surface area contributed by atoms with Gasteiger partial charge >= 0.3 is 12.0 Å². The minimum atomic E-state index is -0.765. The van der Waals surface area contributed by atoms with Crippen molar-refractivity contribution in [2.75, 3.05) is 18.4 Å². The van der Waals surface area contributed by atoms with Crippen LogP contribution in [0.2, 0.25) is 0 Å². The summed E-state index contributed by atoms with van der Waals surface area (Å²) in [7, 11) is 0. The van der Waals surface area contributed by atoms with Crippen molar-refractivity contribution in [1.82, 2.24) is 20.1 Å². The predicted octanol–water partition coefficient (Wildman–Crippen LogP) is 0.980. The van der Waals surface area contributed by atoms with E-state index in [1.54, 1.807) is 4.90 Å². The van der Waals surface area contributed by atoms with E-state index in [2.05, 4.69) is 20.5 Å². The van der Waals surface area contributed by atoms with E-state index in [1.165, 1.54) is 12.4 Å². The number of hydrogen-bond donors (Lipinski definition) is 2. The first-order chi connectivity index (χ1) is 9.65. The first-order valence-electron chi connectivity index (χ1n) is 6.56. The van der Waals surface area contributed by atoms with Gasteiger partial charge in [-0.1, -0.05) is 0 Å². The summed E-state index contributed by atoms with van der Waals surface area (Å²) < 4.78 is 0. The van der Waals surface area contributed by atoms with Crippen LogP contribution >= 0.6 is 0 Å². The molecular weight excluding hydrogens is 262 g/mol. The molecule has 0 atom stereocenters. The SMILES string of the molecule is O=C(O)CCC1CCN(C(=O)Nc2nccnn2)CC1. The third kappa shape index (κ3) is 4.15. The molecule has 2 N–H and O–H groups in total. The number of anilines is 1. The van der Waals surface area contributed by atoms with Crippen LogP contribution in [0.1, 0.15) is 25.7 Å². The lowest BCUT2D eigenvalue weighted by Crippen LogP contribution is -2.41. The summed E-state index contributed by atoms with van der Waals surface area (Å²) in [6.45, 7) is 1.24. The van der Waals surface area contributed by atoms with Crippen LogP contribution < -0.4 is 5.32 Å². The molecule has 8 nitrogen and oxygen atoms in total. The Hall–Kier alpha value is -2.25. The summed E-state index contributed by atoms with van der Waals surface area (Å²) in [5.41, 5.74) is 0. The molecule has 0 unspecified atom stereocenters. The molecule has 0 radical (unpaired) electrons. The van der Waals surface area contributed by atoms with Crippen molar-refractivity contribution < 1.29 is 14.7 Å². The summed E-state index contributed by atoms with van der Waals surface area (Å²) in [6, 6.07) is -0.241. The van der Waals surface area contributed by atoms with E-state index in [-0.39, 0.29) is 18.4 Å². The van der Waals surface area contributed by atoms with Crippen molar-refractivity contribution in [2.45, 2.75) is 25.7 Å². The summed E-state index contributed by atoms with van der Waals surface area (Å²) in [5.74, 6) is -0.200. The molecule has 1 saturated heterocycles. The second-order valence-corrected chi connectivity index (χ2v) is 4.76. The van der Waals surface area contributed by atoms with Crippen LogP contribution in [0, 0.1) is 5.92 Å². The monoisotopic (exact) mass is 279 g/mol. The first kappa shape index (κ1) is 14.2. The number of carboxylic acid groups (broad SMARTS) is 1. The highest BCUT2D eigenvalue weighted by Crippen LogP contribution is 2.22. The Bertz CT molecular complexity index is 459. The van der Waals surface area contributed by atoms with Gasteiger partial charge in [-0.3, -0.25) is 10.1 Å². The molecule has 1 fully saturated rings. The zero-order valence-electron chi connectivity index (χ0n) is 11.0. The van der Waals surface area contributed by atoms with E-state index >= 15 is 0 Å². The van der Waals surface area contributed by atoms with Crippen LogP contribution in [-0.4, -0.2) is 50.3 Å². The van der Waals surface area contributed by atoms with Crippen LogP contribution in [0.4, 0.5) is 10.7 Å². The quantitative estimate of drug-likeness (QED) is 0.850. The van der Waals surface area contributed by atoms with Gasteiger partial charge in [0.25, 0.3) is 5.95 Å². The van der Waals surface area contributed by atoms with Crippen molar-refractivity contribution in [3.8, 4) is 0 Å². The van der Waals surface area contributed by atoms with Crippen molar-refractivity contribution in [1.29, 1.82) is 0 Å². The highest BCUT2D eigenvalue weighted by atomic mass is 16.4. The number of piperidine rings is 1. The maximum absolute atomic E-state index is 12.0. The number of nitrogens with one attached hydrogen (secondary N) is 1. The summed E-state index contributed by atoms with van der Waals surface area (Å²) in [6.07, 6.45) is 5.42. The minimum absolute atomic E-state index is 0.186. The van der Waals surface area contributed by atoms with Crippen LogP contribution in [-0.2, 0) is 4.79 Å². The number of carbonyl (C=O) groups is 2. The molecular formula is C12H17N5O3. The average Bonchev–Trinajstić information content (AvgIpc) is 2.46. The number of amides is 2. The van der Waals surface area contributed by atoms with E-state index in [1.807, 2.05) is 0 Å². The normalized spacial score (nSPS) is 15.9. The Morgan fingerprint density at radius 3 is 2.70 bits per heavy atom. The van der Waals surface area contributed by atoms with Crippen molar-refractivity contribution in [2.24, 2.45) is 5.92 Å². The van der Waals surface area contributed by atoms with Crippen LogP contribution in [0.15, 0.2) is 12.4 Å². The van der Waals surface area contributed by atoms with Gasteiger partial charge < -0.3 is 10.0 Å². The fourth-order valence-corrected chi connectivity index (χ4v) is 2.23. The first-order valence-corrected chi connectivity index (χ1v) is 6.56. The molecule has 2 rings (SSSR count). The molecule has 0 spiro atoms. The van der Waals surface area contributed by atoms with E-state index in [9.17, 15) is 9.59 Å². The molecule has 1 aromatic heterocycles. The highest BCUT2D eigenvalue weighted by Gasteiger charge is 2.23. The Balaban J connectivity index is 1.76. The fraction of sp³-hybridized carbons (Fsp3) is 0.583. The maximum atomic E-state index is 12.0. The van der Waals surface area contributed by atoms with E-state index in [0.29, 0.717) is 25.4 Å². The van der Waals surface area contributed by atoms with Gasteiger partial charge in [-0.15, -0.1) is 5.10 Å². The average molecular weight is 279 g/mol. The van der Waals surface area contributed by atoms with Crippen LogP contribution in [0.3, 0.4) is 0 Å². The van der Waals surface area contributed by atoms with E-state index in [0.717, 1.165) is 12.8 Å². The Morgan fingerprint density at radius 2 is 2.10 bits per heavy atom. The second-order valence-electron chi connectivity index (χ2n) is 4.76. The van der Waals surface area contributed by atoms with E-state index < -0.39 is 5.97 Å². The molecule has 0 saturated carbocycles. The van der Waals surface area contributed by atoms with Gasteiger partial charge in [0.2, 0.25) is 0 Å². The molecule has 0 bridgehead atoms. The van der Waals surface area contributed by atoms with E-state index in [4.69, 9.17) is 5.11 Å². The van der Waals surface area contributed by atoms with Crippen LogP contribution in [0.5, 0.6) is 0 Å². The second kappa shape index (κ2) is 6.78. The molecule has 108 valence electrons.